The average Bonchev–Trinajstić information content (AvgIpc) is 2.17. The number of β-amino-alcohol motifs (C(OH)–C–C–N with tert-alkyl or cyclic N) is 1. The molecule has 1 aliphatic heterocycles. The van der Waals surface area contributed by atoms with Gasteiger partial charge in [-0.2, -0.15) is 4.31 Å². The third kappa shape index (κ3) is 4.24. The van der Waals surface area contributed by atoms with Gasteiger partial charge in [0.2, 0.25) is 10.0 Å². The van der Waals surface area contributed by atoms with Crippen molar-refractivity contribution in [2.24, 2.45) is 0 Å². The third-order valence-corrected chi connectivity index (χ3v) is 4.11. The van der Waals surface area contributed by atoms with Crippen molar-refractivity contribution in [3.05, 3.63) is 0 Å². The van der Waals surface area contributed by atoms with E-state index in [1.807, 2.05) is 4.90 Å². The summed E-state index contributed by atoms with van der Waals surface area (Å²) in [4.78, 5) is 2.02. The molecule has 1 rings (SSSR count). The van der Waals surface area contributed by atoms with Gasteiger partial charge in [-0.25, -0.2) is 8.42 Å². The Morgan fingerprint density at radius 2 is 1.87 bits per heavy atom. The molecular formula is C8H17ClN2O3S. The molecule has 1 aliphatic rings. The number of halogens is 1. The summed E-state index contributed by atoms with van der Waals surface area (Å²) >= 11 is 5.49. The fraction of sp³-hybridized carbons (Fsp3) is 1.00. The molecule has 7 heteroatoms. The van der Waals surface area contributed by atoms with Crippen LogP contribution in [0.2, 0.25) is 0 Å². The van der Waals surface area contributed by atoms with Crippen LogP contribution in [0, 0.1) is 0 Å². The Labute approximate surface area is 95.7 Å². The standard InChI is InChI=1S/C8H17ClN2O3S/c1-15(13,14)11-4-2-10(3-5-11)7-8(12)6-9/h8,12H,2-7H2,1H3/t8-/m1/s1. The van der Waals surface area contributed by atoms with Crippen molar-refractivity contribution in [3.63, 3.8) is 0 Å². The van der Waals surface area contributed by atoms with Gasteiger partial charge in [-0.1, -0.05) is 0 Å². The number of rotatable bonds is 4. The van der Waals surface area contributed by atoms with Gasteiger partial charge in [0, 0.05) is 38.6 Å². The smallest absolute Gasteiger partial charge is 0.211 e. The number of hydrogen-bond acceptors (Lipinski definition) is 4. The van der Waals surface area contributed by atoms with E-state index in [1.54, 1.807) is 0 Å². The monoisotopic (exact) mass is 256 g/mol. The van der Waals surface area contributed by atoms with Crippen molar-refractivity contribution in [1.29, 1.82) is 0 Å². The molecule has 0 unspecified atom stereocenters. The van der Waals surface area contributed by atoms with Crippen LogP contribution < -0.4 is 0 Å². The largest absolute Gasteiger partial charge is 0.391 e. The topological polar surface area (TPSA) is 60.9 Å². The fourth-order valence-corrected chi connectivity index (χ4v) is 2.51. The Morgan fingerprint density at radius 3 is 2.27 bits per heavy atom. The van der Waals surface area contributed by atoms with Crippen LogP contribution in [0.25, 0.3) is 0 Å². The molecule has 90 valence electrons. The van der Waals surface area contributed by atoms with E-state index >= 15 is 0 Å². The van der Waals surface area contributed by atoms with E-state index in [9.17, 15) is 13.5 Å². The van der Waals surface area contributed by atoms with E-state index in [4.69, 9.17) is 11.6 Å². The van der Waals surface area contributed by atoms with Crippen LogP contribution in [0.3, 0.4) is 0 Å². The molecule has 0 amide bonds. The summed E-state index contributed by atoms with van der Waals surface area (Å²) < 4.78 is 23.9. The molecule has 0 bridgehead atoms. The second-order valence-corrected chi connectivity index (χ2v) is 6.06. The summed E-state index contributed by atoms with van der Waals surface area (Å²) in [5.41, 5.74) is 0. The van der Waals surface area contributed by atoms with E-state index in [1.165, 1.54) is 10.6 Å². The summed E-state index contributed by atoms with van der Waals surface area (Å²) in [5.74, 6) is 0.215. The molecule has 0 aromatic rings. The van der Waals surface area contributed by atoms with Crippen LogP contribution in [0.5, 0.6) is 0 Å². The van der Waals surface area contributed by atoms with Crippen LogP contribution in [-0.2, 0) is 10.0 Å². The van der Waals surface area contributed by atoms with Crippen molar-refractivity contribution < 1.29 is 13.5 Å². The Hall–Kier alpha value is 0.120. The highest BCUT2D eigenvalue weighted by molar-refractivity contribution is 7.88. The third-order valence-electron chi connectivity index (χ3n) is 2.45. The lowest BCUT2D eigenvalue weighted by Gasteiger charge is -2.33. The van der Waals surface area contributed by atoms with E-state index in [2.05, 4.69) is 0 Å². The SMILES string of the molecule is CS(=O)(=O)N1CCN(C[C@H](O)CCl)CC1. The average molecular weight is 257 g/mol. The van der Waals surface area contributed by atoms with E-state index < -0.39 is 16.1 Å². The normalized spacial score (nSPS) is 22.9. The number of piperazine rings is 1. The van der Waals surface area contributed by atoms with Crippen LogP contribution >= 0.6 is 11.6 Å². The maximum Gasteiger partial charge on any atom is 0.211 e. The molecule has 0 saturated carbocycles. The lowest BCUT2D eigenvalue weighted by atomic mass is 10.3. The molecule has 0 aliphatic carbocycles. The number of aliphatic hydroxyl groups is 1. The molecule has 1 heterocycles. The molecule has 0 radical (unpaired) electrons. The van der Waals surface area contributed by atoms with Crippen LogP contribution in [0.4, 0.5) is 0 Å². The summed E-state index contributed by atoms with van der Waals surface area (Å²) in [6.07, 6.45) is 0.687. The second kappa shape index (κ2) is 5.45. The number of aliphatic hydroxyl groups excluding tert-OH is 1. The molecule has 1 fully saturated rings. The minimum Gasteiger partial charge on any atom is -0.391 e. The highest BCUT2D eigenvalue weighted by Crippen LogP contribution is 2.06. The van der Waals surface area contributed by atoms with Crippen molar-refractivity contribution in [2.45, 2.75) is 6.10 Å². The van der Waals surface area contributed by atoms with Crippen molar-refractivity contribution >= 4 is 21.6 Å². The molecule has 0 aromatic heterocycles. The fourth-order valence-electron chi connectivity index (χ4n) is 1.59. The Balaban J connectivity index is 2.36. The van der Waals surface area contributed by atoms with Gasteiger partial charge in [-0.3, -0.25) is 4.90 Å². The van der Waals surface area contributed by atoms with E-state index in [0.717, 1.165) is 0 Å². The van der Waals surface area contributed by atoms with Gasteiger partial charge >= 0.3 is 0 Å². The van der Waals surface area contributed by atoms with Crippen molar-refractivity contribution in [3.8, 4) is 0 Å². The summed E-state index contributed by atoms with van der Waals surface area (Å²) in [7, 11) is -3.07. The summed E-state index contributed by atoms with van der Waals surface area (Å²) in [5, 5.41) is 9.33. The molecule has 1 N–H and O–H groups in total. The van der Waals surface area contributed by atoms with Gasteiger partial charge in [0.05, 0.1) is 12.4 Å². The van der Waals surface area contributed by atoms with Gasteiger partial charge in [-0.05, 0) is 0 Å². The first-order valence-electron chi connectivity index (χ1n) is 4.85. The Bertz CT molecular complexity index is 288. The van der Waals surface area contributed by atoms with E-state index in [0.29, 0.717) is 32.7 Å². The zero-order valence-electron chi connectivity index (χ0n) is 8.76. The number of hydrogen-bond donors (Lipinski definition) is 1. The van der Waals surface area contributed by atoms with Gasteiger partial charge in [0.15, 0.2) is 0 Å². The predicted octanol–water partition coefficient (Wildman–Crippen LogP) is -0.837. The lowest BCUT2D eigenvalue weighted by Crippen LogP contribution is -2.50. The first kappa shape index (κ1) is 13.2. The van der Waals surface area contributed by atoms with Gasteiger partial charge < -0.3 is 5.11 Å². The first-order chi connectivity index (χ1) is 6.93. The molecule has 0 spiro atoms. The van der Waals surface area contributed by atoms with Crippen LogP contribution in [0.15, 0.2) is 0 Å². The first-order valence-corrected chi connectivity index (χ1v) is 7.23. The maximum absolute atomic E-state index is 11.2. The van der Waals surface area contributed by atoms with Gasteiger partial charge in [0.25, 0.3) is 0 Å². The Morgan fingerprint density at radius 1 is 1.33 bits per heavy atom. The van der Waals surface area contributed by atoms with Crippen molar-refractivity contribution in [2.75, 3.05) is 44.9 Å². The molecule has 5 nitrogen and oxygen atoms in total. The number of nitrogens with zero attached hydrogens (tertiary/aromatic N) is 2. The predicted molar refractivity (Wildman–Crippen MR) is 59.6 cm³/mol. The van der Waals surface area contributed by atoms with E-state index in [-0.39, 0.29) is 5.88 Å². The molecule has 0 aromatic carbocycles. The number of alkyl halides is 1. The minimum atomic E-state index is -3.07. The minimum absolute atomic E-state index is 0.215. The molecule has 1 atom stereocenters. The zero-order valence-corrected chi connectivity index (χ0v) is 10.3. The van der Waals surface area contributed by atoms with Crippen LogP contribution in [-0.4, -0.2) is 73.7 Å². The van der Waals surface area contributed by atoms with Gasteiger partial charge in [0.1, 0.15) is 0 Å². The molecular weight excluding hydrogens is 240 g/mol. The Kier molecular flexibility index (Phi) is 4.79. The summed E-state index contributed by atoms with van der Waals surface area (Å²) in [6, 6.07) is 0. The summed E-state index contributed by atoms with van der Waals surface area (Å²) in [6.45, 7) is 2.81. The highest BCUT2D eigenvalue weighted by atomic mass is 35.5. The molecule has 1 saturated heterocycles. The lowest BCUT2D eigenvalue weighted by molar-refractivity contribution is 0.105. The quantitative estimate of drug-likeness (QED) is 0.667. The second-order valence-electron chi connectivity index (χ2n) is 3.77. The molecule has 15 heavy (non-hydrogen) atoms. The number of sulfonamides is 1. The highest BCUT2D eigenvalue weighted by Gasteiger charge is 2.23. The van der Waals surface area contributed by atoms with Crippen LogP contribution in [0.1, 0.15) is 0 Å². The van der Waals surface area contributed by atoms with Crippen molar-refractivity contribution in [1.82, 2.24) is 9.21 Å². The maximum atomic E-state index is 11.2. The van der Waals surface area contributed by atoms with Gasteiger partial charge in [-0.15, -0.1) is 11.6 Å². The zero-order chi connectivity index (χ0) is 11.5.